The predicted molar refractivity (Wildman–Crippen MR) is 95.9 cm³/mol. The Morgan fingerprint density at radius 2 is 2.08 bits per heavy atom. The van der Waals surface area contributed by atoms with Crippen molar-refractivity contribution in [1.29, 1.82) is 0 Å². The van der Waals surface area contributed by atoms with E-state index in [1.54, 1.807) is 31.2 Å². The molecule has 26 heavy (non-hydrogen) atoms. The molecular formula is C18H18N2O5S. The molecule has 0 aliphatic carbocycles. The lowest BCUT2D eigenvalue weighted by molar-refractivity contribution is -0.151. The highest BCUT2D eigenvalue weighted by Crippen LogP contribution is 2.46. The van der Waals surface area contributed by atoms with E-state index in [-0.39, 0.29) is 30.2 Å². The molecule has 2 atom stereocenters. The van der Waals surface area contributed by atoms with Crippen LogP contribution >= 0.6 is 11.8 Å². The minimum Gasteiger partial charge on any atom is -0.484 e. The number of benzene rings is 1. The number of nitrogens with zero attached hydrogens (tertiary/aromatic N) is 1. The van der Waals surface area contributed by atoms with Gasteiger partial charge in [0.1, 0.15) is 29.5 Å². The van der Waals surface area contributed by atoms with Gasteiger partial charge in [-0.05, 0) is 19.1 Å². The van der Waals surface area contributed by atoms with Crippen LogP contribution in [0.4, 0.5) is 0 Å². The number of carbonyl (C=O) groups is 3. The van der Waals surface area contributed by atoms with Crippen LogP contribution in [0.2, 0.25) is 0 Å². The van der Waals surface area contributed by atoms with Gasteiger partial charge in [0, 0.05) is 4.91 Å². The molecule has 0 saturated carbocycles. The van der Waals surface area contributed by atoms with Crippen molar-refractivity contribution >= 4 is 29.5 Å². The van der Waals surface area contributed by atoms with E-state index in [1.807, 2.05) is 6.07 Å². The molecule has 8 heteroatoms. The Morgan fingerprint density at radius 3 is 2.77 bits per heavy atom. The van der Waals surface area contributed by atoms with E-state index in [0.29, 0.717) is 10.7 Å². The molecule has 2 aliphatic heterocycles. The number of nitrogens with one attached hydrogen (secondary N) is 1. The second kappa shape index (κ2) is 7.65. The number of hydrogen-bond acceptors (Lipinski definition) is 6. The number of fused-ring (bicyclic) bond motifs is 1. The van der Waals surface area contributed by atoms with Crippen molar-refractivity contribution < 1.29 is 23.9 Å². The smallest absolute Gasteiger partial charge is 0.356 e. The van der Waals surface area contributed by atoms with Crippen LogP contribution in [0.5, 0.6) is 5.75 Å². The predicted octanol–water partition coefficient (Wildman–Crippen LogP) is 1.43. The van der Waals surface area contributed by atoms with Crippen molar-refractivity contribution in [2.45, 2.75) is 18.3 Å². The molecule has 1 N–H and O–H groups in total. The number of thioether (sulfide) groups is 1. The molecule has 0 spiro atoms. The number of para-hydroxylation sites is 1. The van der Waals surface area contributed by atoms with Crippen LogP contribution in [0.1, 0.15) is 6.92 Å². The first-order valence-electron chi connectivity index (χ1n) is 7.98. The van der Waals surface area contributed by atoms with Crippen LogP contribution in [0.3, 0.4) is 0 Å². The number of rotatable bonds is 7. The summed E-state index contributed by atoms with van der Waals surface area (Å²) in [6.45, 7) is 5.12. The minimum atomic E-state index is -0.688. The quantitative estimate of drug-likeness (QED) is 0.441. The number of esters is 1. The Hall–Kier alpha value is -2.74. The highest BCUT2D eigenvalue weighted by atomic mass is 32.2. The van der Waals surface area contributed by atoms with Crippen molar-refractivity contribution in [3.8, 4) is 5.75 Å². The summed E-state index contributed by atoms with van der Waals surface area (Å²) < 4.78 is 10.4. The summed E-state index contributed by atoms with van der Waals surface area (Å²) in [6.07, 6.45) is 1.46. The summed E-state index contributed by atoms with van der Waals surface area (Å²) in [5.74, 6) is -0.724. The van der Waals surface area contributed by atoms with Crippen LogP contribution in [0, 0.1) is 0 Å². The molecule has 1 aromatic carbocycles. The number of amides is 2. The number of allylic oxidation sites excluding steroid dienone is 1. The Kier molecular flexibility index (Phi) is 5.32. The fourth-order valence-electron chi connectivity index (χ4n) is 2.69. The molecule has 0 radical (unpaired) electrons. The van der Waals surface area contributed by atoms with Crippen LogP contribution in [-0.2, 0) is 19.1 Å². The van der Waals surface area contributed by atoms with Gasteiger partial charge in [0.25, 0.3) is 11.8 Å². The van der Waals surface area contributed by atoms with Gasteiger partial charge in [0.15, 0.2) is 6.61 Å². The molecule has 2 heterocycles. The summed E-state index contributed by atoms with van der Waals surface area (Å²) in [5, 5.41) is 2.32. The van der Waals surface area contributed by atoms with E-state index in [2.05, 4.69) is 11.9 Å². The van der Waals surface area contributed by atoms with Crippen molar-refractivity contribution in [3.63, 3.8) is 0 Å². The summed E-state index contributed by atoms with van der Waals surface area (Å²) in [4.78, 5) is 38.6. The third kappa shape index (κ3) is 3.45. The lowest BCUT2D eigenvalue weighted by Gasteiger charge is -2.42. The van der Waals surface area contributed by atoms with Crippen molar-refractivity contribution in [1.82, 2.24) is 10.2 Å². The van der Waals surface area contributed by atoms with Crippen LogP contribution in [-0.4, -0.2) is 47.3 Å². The zero-order valence-corrected chi connectivity index (χ0v) is 15.0. The van der Waals surface area contributed by atoms with Gasteiger partial charge in [-0.25, -0.2) is 4.79 Å². The molecule has 1 fully saturated rings. The first-order valence-corrected chi connectivity index (χ1v) is 8.86. The average molecular weight is 374 g/mol. The highest BCUT2D eigenvalue weighted by Gasteiger charge is 2.56. The van der Waals surface area contributed by atoms with Crippen LogP contribution in [0.25, 0.3) is 0 Å². The number of hydrogen-bond donors (Lipinski definition) is 1. The molecule has 0 aromatic heterocycles. The molecule has 0 bridgehead atoms. The topological polar surface area (TPSA) is 84.9 Å². The lowest BCUT2D eigenvalue weighted by Crippen LogP contribution is -2.68. The van der Waals surface area contributed by atoms with Crippen molar-refractivity contribution in [3.05, 3.63) is 53.6 Å². The summed E-state index contributed by atoms with van der Waals surface area (Å²) in [7, 11) is 0. The van der Waals surface area contributed by atoms with Crippen LogP contribution in [0.15, 0.2) is 53.6 Å². The van der Waals surface area contributed by atoms with Gasteiger partial charge in [0.05, 0.1) is 0 Å². The SMILES string of the molecule is C=CCOC(=O)C1=C(C)S[C@H]2[C@H](NC(=O)COc3ccccc3)C(=O)N12. The second-order valence-corrected chi connectivity index (χ2v) is 6.99. The van der Waals surface area contributed by atoms with Gasteiger partial charge >= 0.3 is 5.97 Å². The van der Waals surface area contributed by atoms with E-state index in [0.717, 1.165) is 0 Å². The van der Waals surface area contributed by atoms with Gasteiger partial charge in [-0.1, -0.05) is 30.9 Å². The molecule has 2 amide bonds. The third-order valence-electron chi connectivity index (χ3n) is 3.87. The fourth-order valence-corrected chi connectivity index (χ4v) is 3.98. The second-order valence-electron chi connectivity index (χ2n) is 5.66. The largest absolute Gasteiger partial charge is 0.484 e. The molecule has 1 saturated heterocycles. The minimum absolute atomic E-state index is 0.0734. The Morgan fingerprint density at radius 1 is 1.35 bits per heavy atom. The Balaban J connectivity index is 1.55. The van der Waals surface area contributed by atoms with Gasteiger partial charge in [-0.3, -0.25) is 14.5 Å². The maximum absolute atomic E-state index is 12.4. The zero-order chi connectivity index (χ0) is 18.7. The number of ether oxygens (including phenoxy) is 2. The summed E-state index contributed by atoms with van der Waals surface area (Å²) in [6, 6.07) is 8.24. The Labute approximate surface area is 155 Å². The van der Waals surface area contributed by atoms with Crippen LogP contribution < -0.4 is 10.1 Å². The van der Waals surface area contributed by atoms with Gasteiger partial charge in [-0.2, -0.15) is 0 Å². The molecule has 7 nitrogen and oxygen atoms in total. The van der Waals surface area contributed by atoms with E-state index < -0.39 is 17.9 Å². The first kappa shape index (κ1) is 18.1. The standard InChI is InChI=1S/C18H18N2O5S/c1-3-9-24-18(23)15-11(2)26-17-14(16(22)20(15)17)19-13(21)10-25-12-7-5-4-6-8-12/h3-8,14,17H,1,9-10H2,2H3,(H,19,21)/t14-,17+/m1/s1. The van der Waals surface area contributed by atoms with Crippen molar-refractivity contribution in [2.75, 3.05) is 13.2 Å². The molecule has 3 rings (SSSR count). The van der Waals surface area contributed by atoms with E-state index >= 15 is 0 Å². The molecule has 136 valence electrons. The zero-order valence-electron chi connectivity index (χ0n) is 14.1. The monoisotopic (exact) mass is 374 g/mol. The maximum Gasteiger partial charge on any atom is 0.356 e. The molecule has 1 aromatic rings. The molecule has 0 unspecified atom stereocenters. The van der Waals surface area contributed by atoms with E-state index in [1.165, 1.54) is 22.7 Å². The third-order valence-corrected chi connectivity index (χ3v) is 5.14. The first-order chi connectivity index (χ1) is 12.5. The lowest BCUT2D eigenvalue weighted by atomic mass is 10.1. The normalized spacial score (nSPS) is 21.0. The highest BCUT2D eigenvalue weighted by molar-refractivity contribution is 8.04. The van der Waals surface area contributed by atoms with Gasteiger partial charge in [-0.15, -0.1) is 11.8 Å². The maximum atomic E-state index is 12.4. The Bertz CT molecular complexity index is 777. The number of carbonyl (C=O) groups excluding carboxylic acids is 3. The van der Waals surface area contributed by atoms with Crippen molar-refractivity contribution in [2.24, 2.45) is 0 Å². The number of β-lactam (4-membered cyclic amide) rings is 1. The molecular weight excluding hydrogens is 356 g/mol. The summed E-state index contributed by atoms with van der Waals surface area (Å²) >= 11 is 1.36. The van der Waals surface area contributed by atoms with E-state index in [4.69, 9.17) is 9.47 Å². The average Bonchev–Trinajstić information content (AvgIpc) is 2.96. The van der Waals surface area contributed by atoms with E-state index in [9.17, 15) is 14.4 Å². The van der Waals surface area contributed by atoms with Gasteiger partial charge in [0.2, 0.25) is 0 Å². The summed E-state index contributed by atoms with van der Waals surface area (Å²) in [5.41, 5.74) is 0.234. The van der Waals surface area contributed by atoms with Gasteiger partial charge < -0.3 is 14.8 Å². The fraction of sp³-hybridized carbons (Fsp3) is 0.278. The molecule has 2 aliphatic rings.